The van der Waals surface area contributed by atoms with Crippen LogP contribution < -0.4 is 30.7 Å². The van der Waals surface area contributed by atoms with E-state index in [2.05, 4.69) is 41.7 Å². The Morgan fingerprint density at radius 1 is 0.543 bits per heavy atom. The van der Waals surface area contributed by atoms with Crippen LogP contribution in [0.15, 0.2) is 111 Å². The number of anilines is 4. The lowest BCUT2D eigenvalue weighted by Gasteiger charge is -2.16. The van der Waals surface area contributed by atoms with Crippen LogP contribution in [0.1, 0.15) is 65.1 Å². The van der Waals surface area contributed by atoms with Crippen LogP contribution in [0.2, 0.25) is 10.0 Å². The summed E-state index contributed by atoms with van der Waals surface area (Å²) in [6.45, 7) is 6.66. The standard InChI is InChI=1S/C49H47Cl5N8O8/c1-5-69-44-29(19-21-50)9-7-11-40(44)57-46(65)35-24-33(13-16-37(35)53)59-61-42(27(3)63)48(67)55-32-15-18-39(31(23-32)26-52)56-49(68)43(28(4)64)62-60-34-14-17-38(54)36(25-34)47(66)58-41-12-8-10-30(20-22-51)45(41)70-6-2/h7-18,23-25,42-43H,5-6,19-22,26H2,1-4H3,(H,55,67)(H,56,68)(H,57,65)(H,58,66). The minimum Gasteiger partial charge on any atom is -0.491 e. The molecule has 0 aliphatic carbocycles. The van der Waals surface area contributed by atoms with E-state index in [1.165, 1.54) is 54.6 Å². The number of ether oxygens (including phenoxy) is 2. The third kappa shape index (κ3) is 14.6. The number of aryl methyl sites for hydroxylation is 2. The molecule has 70 heavy (non-hydrogen) atoms. The number of ketones is 2. The van der Waals surface area contributed by atoms with Gasteiger partial charge in [-0.2, -0.15) is 20.5 Å². The maximum Gasteiger partial charge on any atom is 0.258 e. The fourth-order valence-electron chi connectivity index (χ4n) is 6.67. The van der Waals surface area contributed by atoms with Crippen molar-refractivity contribution < 1.29 is 38.2 Å². The Balaban J connectivity index is 1.26. The number of halogens is 5. The Hall–Kier alpha value is -6.43. The highest BCUT2D eigenvalue weighted by Crippen LogP contribution is 2.34. The van der Waals surface area contributed by atoms with E-state index in [1.807, 2.05) is 26.0 Å². The van der Waals surface area contributed by atoms with Gasteiger partial charge >= 0.3 is 0 Å². The molecule has 0 fully saturated rings. The molecule has 0 heterocycles. The van der Waals surface area contributed by atoms with E-state index in [0.717, 1.165) is 25.0 Å². The summed E-state index contributed by atoms with van der Waals surface area (Å²) < 4.78 is 11.6. The largest absolute Gasteiger partial charge is 0.491 e. The summed E-state index contributed by atoms with van der Waals surface area (Å²) in [5.74, 6) is -2.62. The molecule has 0 aliphatic heterocycles. The summed E-state index contributed by atoms with van der Waals surface area (Å²) in [5.41, 5.74) is 3.48. The first-order valence-electron chi connectivity index (χ1n) is 21.6. The number of carbonyl (C=O) groups is 6. The first-order valence-corrected chi connectivity index (χ1v) is 23.9. The first kappa shape index (κ1) is 54.5. The third-order valence-electron chi connectivity index (χ3n) is 10.0. The highest BCUT2D eigenvalue weighted by Gasteiger charge is 2.27. The van der Waals surface area contributed by atoms with Crippen LogP contribution in [0.3, 0.4) is 0 Å². The molecule has 5 rings (SSSR count). The second kappa shape index (κ2) is 26.5. The van der Waals surface area contributed by atoms with Crippen molar-refractivity contribution in [3.05, 3.63) is 129 Å². The van der Waals surface area contributed by atoms with Gasteiger partial charge in [-0.3, -0.25) is 28.8 Å². The summed E-state index contributed by atoms with van der Waals surface area (Å²) in [6, 6.07) is 20.2. The van der Waals surface area contributed by atoms with Crippen molar-refractivity contribution in [2.24, 2.45) is 20.5 Å². The number of nitrogens with one attached hydrogen (secondary N) is 4. The Labute approximate surface area is 428 Å². The van der Waals surface area contributed by atoms with E-state index in [1.54, 1.807) is 24.3 Å². The van der Waals surface area contributed by atoms with Crippen LogP contribution in [-0.4, -0.2) is 72.3 Å². The molecule has 0 saturated carbocycles. The van der Waals surface area contributed by atoms with Gasteiger partial charge in [-0.05, 0) is 124 Å². The predicted molar refractivity (Wildman–Crippen MR) is 274 cm³/mol. The highest BCUT2D eigenvalue weighted by atomic mass is 35.5. The number of Topliss-reactive ketones (excluding diaryl/α,β-unsaturated/α-hetero) is 2. The van der Waals surface area contributed by atoms with Gasteiger partial charge in [0.15, 0.2) is 11.6 Å². The lowest BCUT2D eigenvalue weighted by molar-refractivity contribution is -0.127. The Morgan fingerprint density at radius 3 is 1.41 bits per heavy atom. The molecule has 5 aromatic rings. The second-order valence-corrected chi connectivity index (χ2v) is 16.8. The van der Waals surface area contributed by atoms with Gasteiger partial charge in [-0.15, -0.1) is 34.8 Å². The minimum atomic E-state index is -1.62. The zero-order valence-electron chi connectivity index (χ0n) is 38.2. The lowest BCUT2D eigenvalue weighted by atomic mass is 10.1. The average Bonchev–Trinajstić information content (AvgIpc) is 3.32. The van der Waals surface area contributed by atoms with E-state index in [9.17, 15) is 28.8 Å². The maximum atomic E-state index is 13.5. The van der Waals surface area contributed by atoms with Crippen LogP contribution in [0.5, 0.6) is 11.5 Å². The van der Waals surface area contributed by atoms with Gasteiger partial charge in [0.2, 0.25) is 12.1 Å². The van der Waals surface area contributed by atoms with Crippen molar-refractivity contribution in [1.82, 2.24) is 0 Å². The van der Waals surface area contributed by atoms with Gasteiger partial charge in [0, 0.05) is 29.0 Å². The van der Waals surface area contributed by atoms with E-state index in [4.69, 9.17) is 67.5 Å². The van der Waals surface area contributed by atoms with Gasteiger partial charge < -0.3 is 30.7 Å². The fourth-order valence-corrected chi connectivity index (χ4v) is 7.71. The zero-order valence-corrected chi connectivity index (χ0v) is 42.0. The van der Waals surface area contributed by atoms with Gasteiger partial charge in [0.1, 0.15) is 11.5 Å². The number of alkyl halides is 3. The number of hydrogen-bond donors (Lipinski definition) is 4. The van der Waals surface area contributed by atoms with E-state index in [-0.39, 0.29) is 49.8 Å². The molecule has 0 radical (unpaired) electrons. The molecular formula is C49H47Cl5N8O8. The van der Waals surface area contributed by atoms with Gasteiger partial charge in [-0.1, -0.05) is 47.5 Å². The molecule has 5 aromatic carbocycles. The van der Waals surface area contributed by atoms with Gasteiger partial charge in [0.05, 0.1) is 57.1 Å². The lowest BCUT2D eigenvalue weighted by Crippen LogP contribution is -2.32. The van der Waals surface area contributed by atoms with Gasteiger partial charge in [0.25, 0.3) is 23.6 Å². The minimum absolute atomic E-state index is 0.0412. The molecule has 0 aromatic heterocycles. The average molecular weight is 1050 g/mol. The van der Waals surface area contributed by atoms with E-state index in [0.29, 0.717) is 66.3 Å². The number of para-hydroxylation sites is 2. The number of benzene rings is 5. The summed E-state index contributed by atoms with van der Waals surface area (Å²) >= 11 is 31.0. The molecule has 0 spiro atoms. The third-order valence-corrected chi connectivity index (χ3v) is 11.3. The molecular weight excluding hydrogens is 1010 g/mol. The Bertz CT molecular complexity index is 2830. The van der Waals surface area contributed by atoms with Crippen molar-refractivity contribution in [2.45, 2.75) is 58.5 Å². The first-order chi connectivity index (χ1) is 33.6. The quantitative estimate of drug-likeness (QED) is 0.0279. The highest BCUT2D eigenvalue weighted by molar-refractivity contribution is 6.35. The number of rotatable bonds is 23. The van der Waals surface area contributed by atoms with Gasteiger partial charge in [-0.25, -0.2) is 0 Å². The van der Waals surface area contributed by atoms with Crippen LogP contribution in [0.4, 0.5) is 34.1 Å². The van der Waals surface area contributed by atoms with Crippen molar-refractivity contribution in [3.8, 4) is 11.5 Å². The van der Waals surface area contributed by atoms with Crippen LogP contribution in [-0.2, 0) is 37.9 Å². The second-order valence-electron chi connectivity index (χ2n) is 15.0. The number of hydrogen-bond acceptors (Lipinski definition) is 12. The van der Waals surface area contributed by atoms with Crippen molar-refractivity contribution in [1.29, 1.82) is 0 Å². The fraction of sp³-hybridized carbons (Fsp3) is 0.265. The topological polar surface area (TPSA) is 218 Å². The summed E-state index contributed by atoms with van der Waals surface area (Å²) in [5, 5.41) is 27.2. The molecule has 0 aliphatic rings. The summed E-state index contributed by atoms with van der Waals surface area (Å²) in [7, 11) is 0. The smallest absolute Gasteiger partial charge is 0.258 e. The SMILES string of the molecule is CCOc1c(CCCl)cccc1NC(=O)c1cc(N=NC(C(C)=O)C(=O)Nc2ccc(NC(=O)C(N=Nc3ccc(Cl)c(C(=O)Nc4cccc(CCCl)c4OCC)c3)C(C)=O)c(CCl)c2)ccc1Cl. The predicted octanol–water partition coefficient (Wildman–Crippen LogP) is 12.0. The maximum absolute atomic E-state index is 13.5. The Kier molecular flexibility index (Phi) is 20.7. The molecule has 366 valence electrons. The summed E-state index contributed by atoms with van der Waals surface area (Å²) in [4.78, 5) is 79.1. The molecule has 16 nitrogen and oxygen atoms in total. The Morgan fingerprint density at radius 2 is 1.00 bits per heavy atom. The molecule has 21 heteroatoms. The molecule has 2 atom stereocenters. The number of azo groups is 2. The zero-order chi connectivity index (χ0) is 50.9. The van der Waals surface area contributed by atoms with Crippen LogP contribution in [0.25, 0.3) is 0 Å². The molecule has 4 amide bonds. The van der Waals surface area contributed by atoms with Crippen molar-refractivity contribution in [3.63, 3.8) is 0 Å². The molecule has 2 unspecified atom stereocenters. The molecule has 0 bridgehead atoms. The molecule has 4 N–H and O–H groups in total. The van der Waals surface area contributed by atoms with E-state index >= 15 is 0 Å². The summed E-state index contributed by atoms with van der Waals surface area (Å²) in [6.07, 6.45) is 1.03. The van der Waals surface area contributed by atoms with Crippen LogP contribution in [0, 0.1) is 0 Å². The van der Waals surface area contributed by atoms with Crippen molar-refractivity contribution >= 4 is 127 Å². The number of carbonyl (C=O) groups excluding carboxylic acids is 6. The number of nitrogens with zero attached hydrogens (tertiary/aromatic N) is 4. The number of amides is 4. The van der Waals surface area contributed by atoms with Crippen LogP contribution >= 0.6 is 58.0 Å². The monoisotopic (exact) mass is 1050 g/mol. The molecule has 0 saturated heterocycles. The van der Waals surface area contributed by atoms with Crippen molar-refractivity contribution in [2.75, 3.05) is 46.2 Å². The normalized spacial score (nSPS) is 12.0. The van der Waals surface area contributed by atoms with E-state index < -0.39 is 47.3 Å².